The van der Waals surface area contributed by atoms with Crippen molar-refractivity contribution < 1.29 is 14.0 Å². The summed E-state index contributed by atoms with van der Waals surface area (Å²) < 4.78 is 14.5. The summed E-state index contributed by atoms with van der Waals surface area (Å²) in [5.74, 6) is -1.93. The molecule has 3 aromatic rings. The lowest BCUT2D eigenvalue weighted by molar-refractivity contribution is -0.117. The second kappa shape index (κ2) is 7.01. The van der Waals surface area contributed by atoms with Crippen molar-refractivity contribution in [3.63, 3.8) is 0 Å². The lowest BCUT2D eigenvalue weighted by Gasteiger charge is -2.05. The fourth-order valence-corrected chi connectivity index (χ4v) is 2.85. The number of halogens is 1. The van der Waals surface area contributed by atoms with Gasteiger partial charge in [0.25, 0.3) is 11.8 Å². The highest BCUT2D eigenvalue weighted by molar-refractivity contribution is 7.19. The topological polar surface area (TPSA) is 71.1 Å². The highest BCUT2D eigenvalue weighted by Gasteiger charge is 2.10. The highest BCUT2D eigenvalue weighted by atomic mass is 32.1. The molecule has 0 spiro atoms. The first-order valence-corrected chi connectivity index (χ1v) is 7.83. The number of amides is 2. The van der Waals surface area contributed by atoms with Crippen molar-refractivity contribution in [1.82, 2.24) is 15.8 Å². The van der Waals surface area contributed by atoms with Crippen molar-refractivity contribution in [3.05, 3.63) is 71.0 Å². The van der Waals surface area contributed by atoms with Crippen LogP contribution in [-0.2, 0) is 4.79 Å². The molecule has 0 unspecified atom stereocenters. The van der Waals surface area contributed by atoms with Gasteiger partial charge in [-0.3, -0.25) is 20.4 Å². The van der Waals surface area contributed by atoms with Gasteiger partial charge in [-0.1, -0.05) is 24.3 Å². The number of hydrogen-bond donors (Lipinski definition) is 2. The number of carbonyl (C=O) groups excluding carboxylic acids is 2. The van der Waals surface area contributed by atoms with Crippen molar-refractivity contribution in [3.8, 4) is 0 Å². The molecule has 0 saturated heterocycles. The smallest absolute Gasteiger partial charge is 0.268 e. The minimum Gasteiger partial charge on any atom is -0.268 e. The van der Waals surface area contributed by atoms with E-state index in [-0.39, 0.29) is 5.56 Å². The van der Waals surface area contributed by atoms with Crippen LogP contribution in [0.1, 0.15) is 15.4 Å². The maximum atomic E-state index is 13.4. The zero-order valence-electron chi connectivity index (χ0n) is 12.3. The zero-order chi connectivity index (χ0) is 16.9. The number of hydrazine groups is 1. The Bertz CT molecular complexity index is 903. The SMILES string of the molecule is O=C(/C=C/c1nc2ccccc2s1)NNC(=O)c1ccccc1F. The Kier molecular flexibility index (Phi) is 4.62. The van der Waals surface area contributed by atoms with Crippen molar-refractivity contribution in [2.75, 3.05) is 0 Å². The number of hydrogen-bond acceptors (Lipinski definition) is 4. The van der Waals surface area contributed by atoms with Crippen LogP contribution < -0.4 is 10.9 Å². The monoisotopic (exact) mass is 341 g/mol. The van der Waals surface area contributed by atoms with Gasteiger partial charge in [0.15, 0.2) is 0 Å². The molecule has 5 nitrogen and oxygen atoms in total. The quantitative estimate of drug-likeness (QED) is 0.568. The van der Waals surface area contributed by atoms with E-state index in [9.17, 15) is 14.0 Å². The Morgan fingerprint density at radius 3 is 2.58 bits per heavy atom. The van der Waals surface area contributed by atoms with E-state index in [1.165, 1.54) is 41.7 Å². The first kappa shape index (κ1) is 15.8. The van der Waals surface area contributed by atoms with Crippen molar-refractivity contribution in [2.24, 2.45) is 0 Å². The molecule has 0 aliphatic carbocycles. The molecular formula is C17H12FN3O2S. The summed E-state index contributed by atoms with van der Waals surface area (Å²) >= 11 is 1.45. The number of benzene rings is 2. The fourth-order valence-electron chi connectivity index (χ4n) is 1.98. The summed E-state index contributed by atoms with van der Waals surface area (Å²) in [4.78, 5) is 27.8. The van der Waals surface area contributed by atoms with Crippen molar-refractivity contribution in [2.45, 2.75) is 0 Å². The number of carbonyl (C=O) groups is 2. The molecule has 0 aliphatic heterocycles. The predicted molar refractivity (Wildman–Crippen MR) is 90.7 cm³/mol. The molecule has 2 N–H and O–H groups in total. The first-order chi connectivity index (χ1) is 11.6. The molecule has 0 bridgehead atoms. The summed E-state index contributed by atoms with van der Waals surface area (Å²) in [5.41, 5.74) is 5.06. The average Bonchev–Trinajstić information content (AvgIpc) is 3.01. The third kappa shape index (κ3) is 3.64. The molecule has 3 rings (SSSR count). The Labute approximate surface area is 140 Å². The fraction of sp³-hybridized carbons (Fsp3) is 0. The minimum atomic E-state index is -0.727. The van der Waals surface area contributed by atoms with Crippen molar-refractivity contribution >= 4 is 39.4 Å². The van der Waals surface area contributed by atoms with Crippen LogP contribution in [0.2, 0.25) is 0 Å². The van der Waals surface area contributed by atoms with E-state index in [1.807, 2.05) is 24.3 Å². The van der Waals surface area contributed by atoms with Crippen LogP contribution >= 0.6 is 11.3 Å². The van der Waals surface area contributed by atoms with E-state index in [4.69, 9.17) is 0 Å². The third-order valence-electron chi connectivity index (χ3n) is 3.11. The first-order valence-electron chi connectivity index (χ1n) is 7.02. The zero-order valence-corrected chi connectivity index (χ0v) is 13.1. The molecule has 1 heterocycles. The second-order valence-corrected chi connectivity index (χ2v) is 5.84. The summed E-state index contributed by atoms with van der Waals surface area (Å²) in [6.07, 6.45) is 2.80. The highest BCUT2D eigenvalue weighted by Crippen LogP contribution is 2.22. The Morgan fingerprint density at radius 1 is 1.04 bits per heavy atom. The number of nitrogens with one attached hydrogen (secondary N) is 2. The van der Waals surface area contributed by atoms with Gasteiger partial charge < -0.3 is 0 Å². The maximum Gasteiger partial charge on any atom is 0.272 e. The van der Waals surface area contributed by atoms with Crippen LogP contribution in [0.3, 0.4) is 0 Å². The molecule has 7 heteroatoms. The van der Waals surface area contributed by atoms with Gasteiger partial charge in [0.05, 0.1) is 15.8 Å². The van der Waals surface area contributed by atoms with Crippen LogP contribution in [-0.4, -0.2) is 16.8 Å². The second-order valence-electron chi connectivity index (χ2n) is 4.78. The van der Waals surface area contributed by atoms with E-state index in [0.717, 1.165) is 10.2 Å². The minimum absolute atomic E-state index is 0.145. The number of nitrogens with zero attached hydrogens (tertiary/aromatic N) is 1. The molecule has 24 heavy (non-hydrogen) atoms. The Balaban J connectivity index is 1.59. The molecule has 0 fully saturated rings. The van der Waals surface area contributed by atoms with Gasteiger partial charge in [0.1, 0.15) is 10.8 Å². The van der Waals surface area contributed by atoms with Gasteiger partial charge in [0, 0.05) is 6.08 Å². The summed E-state index contributed by atoms with van der Waals surface area (Å²) in [6.45, 7) is 0. The third-order valence-corrected chi connectivity index (χ3v) is 4.11. The predicted octanol–water partition coefficient (Wildman–Crippen LogP) is 2.91. The Hall–Kier alpha value is -3.06. The summed E-state index contributed by atoms with van der Waals surface area (Å²) in [6, 6.07) is 13.1. The van der Waals surface area contributed by atoms with Gasteiger partial charge in [-0.15, -0.1) is 11.3 Å². The van der Waals surface area contributed by atoms with Gasteiger partial charge in [-0.25, -0.2) is 9.37 Å². The van der Waals surface area contributed by atoms with E-state index in [1.54, 1.807) is 6.08 Å². The molecule has 120 valence electrons. The molecular weight excluding hydrogens is 329 g/mol. The lowest BCUT2D eigenvalue weighted by Crippen LogP contribution is -2.41. The van der Waals surface area contributed by atoms with Gasteiger partial charge in [-0.05, 0) is 30.3 Å². The number of aromatic nitrogens is 1. The van der Waals surface area contributed by atoms with Gasteiger partial charge >= 0.3 is 0 Å². The van der Waals surface area contributed by atoms with Gasteiger partial charge in [-0.2, -0.15) is 0 Å². The van der Waals surface area contributed by atoms with Crippen LogP contribution in [0.4, 0.5) is 4.39 Å². The van der Waals surface area contributed by atoms with Crippen LogP contribution in [0, 0.1) is 5.82 Å². The normalized spacial score (nSPS) is 10.9. The van der Waals surface area contributed by atoms with E-state index in [0.29, 0.717) is 5.01 Å². The molecule has 0 aliphatic rings. The number of rotatable bonds is 3. The largest absolute Gasteiger partial charge is 0.272 e. The van der Waals surface area contributed by atoms with E-state index < -0.39 is 17.6 Å². The van der Waals surface area contributed by atoms with Crippen LogP contribution in [0.25, 0.3) is 16.3 Å². The van der Waals surface area contributed by atoms with Gasteiger partial charge in [0.2, 0.25) is 0 Å². The number of thiazole rings is 1. The van der Waals surface area contributed by atoms with E-state index in [2.05, 4.69) is 15.8 Å². The average molecular weight is 341 g/mol. The lowest BCUT2D eigenvalue weighted by atomic mass is 10.2. The molecule has 1 aromatic heterocycles. The number of fused-ring (bicyclic) bond motifs is 1. The molecule has 0 radical (unpaired) electrons. The molecule has 2 amide bonds. The molecule has 2 aromatic carbocycles. The van der Waals surface area contributed by atoms with Crippen LogP contribution in [0.15, 0.2) is 54.6 Å². The molecule has 0 saturated carbocycles. The van der Waals surface area contributed by atoms with Crippen molar-refractivity contribution in [1.29, 1.82) is 0 Å². The maximum absolute atomic E-state index is 13.4. The Morgan fingerprint density at radius 2 is 1.79 bits per heavy atom. The molecule has 0 atom stereocenters. The summed E-state index contributed by atoms with van der Waals surface area (Å²) in [5, 5.41) is 0.673. The standard InChI is InChI=1S/C17H12FN3O2S/c18-12-6-2-1-5-11(12)17(23)21-20-15(22)9-10-16-19-13-7-3-4-8-14(13)24-16/h1-10H,(H,20,22)(H,21,23)/b10-9+. The van der Waals surface area contributed by atoms with Crippen LogP contribution in [0.5, 0.6) is 0 Å². The van der Waals surface area contributed by atoms with E-state index >= 15 is 0 Å². The number of para-hydroxylation sites is 1. The summed E-state index contributed by atoms with van der Waals surface area (Å²) in [7, 11) is 0.